The number of hydrogen-bond acceptors (Lipinski definition) is 4. The second-order valence-electron chi connectivity index (χ2n) is 9.74. The van der Waals surface area contributed by atoms with Crippen molar-refractivity contribution in [3.63, 3.8) is 0 Å². The minimum atomic E-state index is -0.0542. The highest BCUT2D eigenvalue weighted by Crippen LogP contribution is 2.30. The van der Waals surface area contributed by atoms with Gasteiger partial charge in [-0.3, -0.25) is 19.9 Å². The first-order valence-electron chi connectivity index (χ1n) is 10.1. The maximum atomic E-state index is 5.01. The molecule has 0 spiro atoms. The van der Waals surface area contributed by atoms with Gasteiger partial charge < -0.3 is 0 Å². The summed E-state index contributed by atoms with van der Waals surface area (Å²) in [5.74, 6) is 0. The van der Waals surface area contributed by atoms with Crippen LogP contribution in [0.15, 0.2) is 48.8 Å². The molecule has 0 amide bonds. The van der Waals surface area contributed by atoms with E-state index in [1.165, 1.54) is 0 Å². The minimum Gasteiger partial charge on any atom is -0.260 e. The molecule has 148 valence electrons. The summed E-state index contributed by atoms with van der Waals surface area (Å²) in [5, 5.41) is 2.24. The van der Waals surface area contributed by atoms with E-state index in [1.807, 2.05) is 24.5 Å². The van der Waals surface area contributed by atoms with Crippen molar-refractivity contribution in [3.8, 4) is 0 Å². The summed E-state index contributed by atoms with van der Waals surface area (Å²) >= 11 is 0. The van der Waals surface area contributed by atoms with Crippen LogP contribution in [0.5, 0.6) is 0 Å². The molecule has 0 aliphatic heterocycles. The molecule has 4 aromatic heterocycles. The van der Waals surface area contributed by atoms with Crippen molar-refractivity contribution in [2.45, 2.75) is 58.8 Å². The van der Waals surface area contributed by atoms with Gasteiger partial charge in [0.15, 0.2) is 0 Å². The van der Waals surface area contributed by atoms with Gasteiger partial charge in [-0.15, -0.1) is 0 Å². The molecule has 0 aliphatic carbocycles. The van der Waals surface area contributed by atoms with Gasteiger partial charge in [0.05, 0.1) is 22.4 Å². The molecule has 0 radical (unpaired) electrons. The molecule has 4 nitrogen and oxygen atoms in total. The molecule has 0 aromatic carbocycles. The Balaban J connectivity index is 1.78. The van der Waals surface area contributed by atoms with Crippen molar-refractivity contribution in [2.24, 2.45) is 0 Å². The van der Waals surface area contributed by atoms with Crippen LogP contribution in [-0.2, 0) is 17.3 Å². The van der Waals surface area contributed by atoms with E-state index in [0.717, 1.165) is 44.6 Å². The van der Waals surface area contributed by atoms with Gasteiger partial charge in [0.25, 0.3) is 0 Å². The third-order valence-electron chi connectivity index (χ3n) is 5.11. The second-order valence-corrected chi connectivity index (χ2v) is 9.74. The zero-order valence-corrected chi connectivity index (χ0v) is 18.1. The van der Waals surface area contributed by atoms with Crippen LogP contribution in [0.3, 0.4) is 0 Å². The first-order valence-corrected chi connectivity index (χ1v) is 10.1. The van der Waals surface area contributed by atoms with Crippen LogP contribution in [0.2, 0.25) is 0 Å². The molecular weight excluding hydrogens is 356 g/mol. The van der Waals surface area contributed by atoms with E-state index in [0.29, 0.717) is 6.42 Å². The summed E-state index contributed by atoms with van der Waals surface area (Å²) < 4.78 is 0. The van der Waals surface area contributed by atoms with Crippen molar-refractivity contribution in [2.75, 3.05) is 0 Å². The Morgan fingerprint density at radius 1 is 0.655 bits per heavy atom. The Morgan fingerprint density at radius 2 is 1.38 bits per heavy atom. The summed E-state index contributed by atoms with van der Waals surface area (Å²) in [6.07, 6.45) is 4.38. The zero-order chi connectivity index (χ0) is 20.8. The maximum absolute atomic E-state index is 5.01. The predicted molar refractivity (Wildman–Crippen MR) is 119 cm³/mol. The molecule has 4 heteroatoms. The van der Waals surface area contributed by atoms with Gasteiger partial charge in [-0.05, 0) is 36.4 Å². The van der Waals surface area contributed by atoms with Gasteiger partial charge in [-0.2, -0.15) is 0 Å². The van der Waals surface area contributed by atoms with Crippen LogP contribution >= 0.6 is 0 Å². The van der Waals surface area contributed by atoms with Crippen LogP contribution < -0.4 is 0 Å². The average molecular weight is 385 g/mol. The van der Waals surface area contributed by atoms with Crippen molar-refractivity contribution in [1.82, 2.24) is 19.9 Å². The van der Waals surface area contributed by atoms with E-state index < -0.39 is 0 Å². The average Bonchev–Trinajstić information content (AvgIpc) is 2.65. The van der Waals surface area contributed by atoms with E-state index >= 15 is 0 Å². The van der Waals surface area contributed by atoms with E-state index in [4.69, 9.17) is 9.97 Å². The largest absolute Gasteiger partial charge is 0.260 e. The minimum absolute atomic E-state index is 0.0180. The fourth-order valence-corrected chi connectivity index (χ4v) is 3.77. The molecule has 29 heavy (non-hydrogen) atoms. The highest BCUT2D eigenvalue weighted by Gasteiger charge is 2.21. The first kappa shape index (κ1) is 19.4. The molecule has 0 bridgehead atoms. The molecule has 0 unspecified atom stereocenters. The van der Waals surface area contributed by atoms with E-state index in [1.54, 1.807) is 0 Å². The fraction of sp³-hybridized carbons (Fsp3) is 0.360. The van der Waals surface area contributed by atoms with Gasteiger partial charge in [0, 0.05) is 51.8 Å². The van der Waals surface area contributed by atoms with Gasteiger partial charge in [0.2, 0.25) is 0 Å². The Bertz CT molecular complexity index is 1200. The first-order chi connectivity index (χ1) is 13.6. The molecule has 4 aromatic rings. The predicted octanol–water partition coefficient (Wildman–Crippen LogP) is 5.76. The monoisotopic (exact) mass is 384 g/mol. The van der Waals surface area contributed by atoms with Gasteiger partial charge in [0.1, 0.15) is 0 Å². The highest BCUT2D eigenvalue weighted by molar-refractivity contribution is 5.83. The lowest BCUT2D eigenvalue weighted by molar-refractivity contribution is 0.572. The Labute approximate surface area is 172 Å². The van der Waals surface area contributed by atoms with Crippen molar-refractivity contribution < 1.29 is 0 Å². The molecule has 0 fully saturated rings. The lowest BCUT2D eigenvalue weighted by Crippen LogP contribution is -2.16. The Hall–Kier alpha value is -2.88. The molecular formula is C25H28N4. The standard InChI is InChI=1S/C25H28N4/c1-24(2,3)22-19-10-9-16(28-20(19)11-13-27-22)14-17-15-21-18(8-7-12-26-21)23(29-17)25(4,5)6/h7-13,15H,14H2,1-6H3. The normalized spacial score (nSPS) is 12.6. The van der Waals surface area contributed by atoms with Crippen LogP contribution in [0.1, 0.15) is 64.3 Å². The lowest BCUT2D eigenvalue weighted by Gasteiger charge is -2.21. The lowest BCUT2D eigenvalue weighted by atomic mass is 9.88. The zero-order valence-electron chi connectivity index (χ0n) is 18.1. The molecule has 4 rings (SSSR count). The second kappa shape index (κ2) is 6.87. The van der Waals surface area contributed by atoms with E-state index in [9.17, 15) is 0 Å². The number of fused-ring (bicyclic) bond motifs is 2. The van der Waals surface area contributed by atoms with Crippen molar-refractivity contribution >= 4 is 21.8 Å². The number of nitrogens with zero attached hydrogens (tertiary/aromatic N) is 4. The van der Waals surface area contributed by atoms with E-state index in [2.05, 4.69) is 75.8 Å². The Morgan fingerprint density at radius 3 is 2.10 bits per heavy atom. The van der Waals surface area contributed by atoms with Gasteiger partial charge in [-0.1, -0.05) is 41.5 Å². The maximum Gasteiger partial charge on any atom is 0.0739 e. The SMILES string of the molecule is CC(C)(C)c1nc(Cc2ccc3c(C(C)(C)C)nccc3n2)cc2ncccc12. The summed E-state index contributed by atoms with van der Waals surface area (Å²) in [6, 6.07) is 12.4. The molecule has 0 saturated carbocycles. The van der Waals surface area contributed by atoms with Crippen LogP contribution in [0.4, 0.5) is 0 Å². The van der Waals surface area contributed by atoms with Crippen LogP contribution in [0, 0.1) is 0 Å². The third kappa shape index (κ3) is 3.84. The topological polar surface area (TPSA) is 51.6 Å². The summed E-state index contributed by atoms with van der Waals surface area (Å²) in [7, 11) is 0. The van der Waals surface area contributed by atoms with E-state index in [-0.39, 0.29) is 10.8 Å². The third-order valence-corrected chi connectivity index (χ3v) is 5.11. The highest BCUT2D eigenvalue weighted by atomic mass is 14.8. The van der Waals surface area contributed by atoms with Crippen molar-refractivity contribution in [3.05, 3.63) is 71.6 Å². The molecule has 0 N–H and O–H groups in total. The van der Waals surface area contributed by atoms with Crippen molar-refractivity contribution in [1.29, 1.82) is 0 Å². The molecule has 4 heterocycles. The van der Waals surface area contributed by atoms with Gasteiger partial charge in [-0.25, -0.2) is 0 Å². The number of aromatic nitrogens is 4. The number of rotatable bonds is 2. The quantitative estimate of drug-likeness (QED) is 0.441. The molecule has 0 aliphatic rings. The van der Waals surface area contributed by atoms with Gasteiger partial charge >= 0.3 is 0 Å². The fourth-order valence-electron chi connectivity index (χ4n) is 3.77. The number of hydrogen-bond donors (Lipinski definition) is 0. The molecule has 0 saturated heterocycles. The van der Waals surface area contributed by atoms with Crippen LogP contribution in [0.25, 0.3) is 21.8 Å². The summed E-state index contributed by atoms with van der Waals surface area (Å²) in [6.45, 7) is 13.1. The summed E-state index contributed by atoms with van der Waals surface area (Å²) in [5.41, 5.74) is 6.07. The number of pyridine rings is 4. The van der Waals surface area contributed by atoms with Crippen LogP contribution in [-0.4, -0.2) is 19.9 Å². The smallest absolute Gasteiger partial charge is 0.0739 e. The molecule has 0 atom stereocenters. The Kier molecular flexibility index (Phi) is 4.60. The summed E-state index contributed by atoms with van der Waals surface area (Å²) in [4.78, 5) is 19.1.